The van der Waals surface area contributed by atoms with Gasteiger partial charge < -0.3 is 29.9 Å². The fraction of sp³-hybridized carbons (Fsp3) is 0.655. The minimum Gasteiger partial charge on any atom is -0.465 e. The maximum absolute atomic E-state index is 13.3. The summed E-state index contributed by atoms with van der Waals surface area (Å²) in [4.78, 5) is 55.5. The van der Waals surface area contributed by atoms with Crippen LogP contribution in [0.1, 0.15) is 76.2 Å². The molecule has 0 saturated carbocycles. The van der Waals surface area contributed by atoms with Crippen LogP contribution >= 0.6 is 0 Å². The third kappa shape index (κ3) is 6.65. The highest BCUT2D eigenvalue weighted by Crippen LogP contribution is 2.43. The Labute approximate surface area is 230 Å². The number of nitrogens with zero attached hydrogens (tertiary/aromatic N) is 3. The molecule has 1 aromatic carbocycles. The normalized spacial score (nSPS) is 19.1. The zero-order valence-corrected chi connectivity index (χ0v) is 23.8. The number of fused-ring (bicyclic) bond motifs is 1. The number of carbonyl (C=O) groups is 4. The number of nitrogens with two attached hydrogens (primary N) is 1. The maximum Gasteiger partial charge on any atom is 0.410 e. The summed E-state index contributed by atoms with van der Waals surface area (Å²) in [6.07, 6.45) is 1.73. The van der Waals surface area contributed by atoms with E-state index in [1.54, 1.807) is 4.90 Å². The van der Waals surface area contributed by atoms with Crippen LogP contribution in [0.4, 0.5) is 10.5 Å². The molecule has 0 radical (unpaired) electrons. The molecule has 3 aliphatic rings. The van der Waals surface area contributed by atoms with Crippen LogP contribution in [-0.2, 0) is 25.6 Å². The van der Waals surface area contributed by atoms with Gasteiger partial charge in [0.25, 0.3) is 5.91 Å². The number of benzene rings is 1. The van der Waals surface area contributed by atoms with Gasteiger partial charge >= 0.3 is 12.1 Å². The number of amides is 3. The molecule has 0 bridgehead atoms. The molecule has 0 aromatic heterocycles. The van der Waals surface area contributed by atoms with Crippen LogP contribution in [0.2, 0.25) is 0 Å². The first-order valence-corrected chi connectivity index (χ1v) is 13.9. The van der Waals surface area contributed by atoms with Gasteiger partial charge in [-0.05, 0) is 63.6 Å². The second-order valence-electron chi connectivity index (χ2n) is 12.6. The molecule has 0 aliphatic carbocycles. The SMILES string of the molecule is CC(C)COC(=O)CCC(C(N)=O)N1Cc2ccc(N3CC4(CCN(C(=O)OC(C)(C)C)CC4)C3)cc2C1=O. The first-order valence-electron chi connectivity index (χ1n) is 13.9. The van der Waals surface area contributed by atoms with Crippen LogP contribution in [0.5, 0.6) is 0 Å². The molecule has 1 atom stereocenters. The van der Waals surface area contributed by atoms with Crippen molar-refractivity contribution in [2.45, 2.75) is 78.5 Å². The monoisotopic (exact) mass is 542 g/mol. The molecule has 39 heavy (non-hydrogen) atoms. The first-order chi connectivity index (χ1) is 18.3. The average Bonchev–Trinajstić information content (AvgIpc) is 3.15. The van der Waals surface area contributed by atoms with Crippen LogP contribution in [0.25, 0.3) is 0 Å². The Bertz CT molecular complexity index is 1110. The number of esters is 1. The van der Waals surface area contributed by atoms with Crippen LogP contribution in [0, 0.1) is 11.3 Å². The third-order valence-corrected chi connectivity index (χ3v) is 7.72. The van der Waals surface area contributed by atoms with E-state index < -0.39 is 23.5 Å². The Morgan fingerprint density at radius 2 is 1.77 bits per heavy atom. The summed E-state index contributed by atoms with van der Waals surface area (Å²) >= 11 is 0. The minimum atomic E-state index is -0.873. The summed E-state index contributed by atoms with van der Waals surface area (Å²) in [6.45, 7) is 13.2. The topological polar surface area (TPSA) is 122 Å². The second-order valence-corrected chi connectivity index (χ2v) is 12.6. The van der Waals surface area contributed by atoms with Gasteiger partial charge in [-0.1, -0.05) is 19.9 Å². The van der Waals surface area contributed by atoms with E-state index >= 15 is 0 Å². The Hall–Kier alpha value is -3.30. The number of piperidine rings is 1. The van der Waals surface area contributed by atoms with Crippen molar-refractivity contribution in [1.29, 1.82) is 0 Å². The Morgan fingerprint density at radius 1 is 1.10 bits per heavy atom. The molecule has 1 aromatic rings. The van der Waals surface area contributed by atoms with Crippen LogP contribution in [-0.4, -0.2) is 78.1 Å². The number of hydrogen-bond acceptors (Lipinski definition) is 7. The first kappa shape index (κ1) is 28.7. The van der Waals surface area contributed by atoms with Crippen LogP contribution in [0.3, 0.4) is 0 Å². The highest BCUT2D eigenvalue weighted by molar-refractivity contribution is 6.01. The number of carbonyl (C=O) groups excluding carboxylic acids is 4. The van der Waals surface area contributed by atoms with Gasteiger partial charge in [-0.3, -0.25) is 14.4 Å². The summed E-state index contributed by atoms with van der Waals surface area (Å²) in [5.41, 5.74) is 7.69. The lowest BCUT2D eigenvalue weighted by Crippen LogP contribution is -2.61. The van der Waals surface area contributed by atoms with Gasteiger partial charge in [0, 0.05) is 55.8 Å². The molecular formula is C29H42N4O6. The van der Waals surface area contributed by atoms with E-state index in [-0.39, 0.29) is 42.7 Å². The van der Waals surface area contributed by atoms with Crippen molar-refractivity contribution in [1.82, 2.24) is 9.80 Å². The fourth-order valence-electron chi connectivity index (χ4n) is 5.55. The minimum absolute atomic E-state index is 0.0208. The van der Waals surface area contributed by atoms with Gasteiger partial charge in [0.05, 0.1) is 6.61 Å². The van der Waals surface area contributed by atoms with Gasteiger partial charge in [-0.15, -0.1) is 0 Å². The Balaban J connectivity index is 1.33. The number of ether oxygens (including phenoxy) is 2. The molecular weight excluding hydrogens is 500 g/mol. The Morgan fingerprint density at radius 3 is 2.36 bits per heavy atom. The summed E-state index contributed by atoms with van der Waals surface area (Å²) in [5, 5.41) is 0. The van der Waals surface area contributed by atoms with Crippen molar-refractivity contribution < 1.29 is 28.7 Å². The smallest absolute Gasteiger partial charge is 0.410 e. The lowest BCUT2D eigenvalue weighted by atomic mass is 9.72. The van der Waals surface area contributed by atoms with Gasteiger partial charge in [0.1, 0.15) is 11.6 Å². The van der Waals surface area contributed by atoms with Crippen molar-refractivity contribution in [3.8, 4) is 0 Å². The second kappa shape index (κ2) is 11.1. The summed E-state index contributed by atoms with van der Waals surface area (Å²) in [5.74, 6) is -1.05. The molecule has 3 aliphatic heterocycles. The highest BCUT2D eigenvalue weighted by Gasteiger charge is 2.46. The van der Waals surface area contributed by atoms with E-state index in [9.17, 15) is 19.2 Å². The van der Waals surface area contributed by atoms with Crippen molar-refractivity contribution in [3.05, 3.63) is 29.3 Å². The predicted molar refractivity (Wildman–Crippen MR) is 146 cm³/mol. The molecule has 10 nitrogen and oxygen atoms in total. The lowest BCUT2D eigenvalue weighted by Gasteiger charge is -2.55. The summed E-state index contributed by atoms with van der Waals surface area (Å²) < 4.78 is 10.7. The zero-order valence-electron chi connectivity index (χ0n) is 23.8. The predicted octanol–water partition coefficient (Wildman–Crippen LogP) is 3.31. The van der Waals surface area contributed by atoms with E-state index in [1.165, 1.54) is 4.90 Å². The standard InChI is InChI=1S/C29H42N4O6/c1-19(2)16-38-24(34)9-8-23(25(30)35)33-15-20-6-7-21(14-22(20)26(33)36)32-17-29(18-32)10-12-31(13-11-29)27(37)39-28(3,4)5/h6-7,14,19,23H,8-13,15-18H2,1-5H3,(H2,30,35). The van der Waals surface area contributed by atoms with Crippen LogP contribution < -0.4 is 10.6 Å². The fourth-order valence-corrected chi connectivity index (χ4v) is 5.55. The van der Waals surface area contributed by atoms with Crippen molar-refractivity contribution in [2.24, 2.45) is 17.1 Å². The van der Waals surface area contributed by atoms with E-state index in [1.807, 2.05) is 52.8 Å². The molecule has 3 heterocycles. The van der Waals surface area contributed by atoms with Crippen LogP contribution in [0.15, 0.2) is 18.2 Å². The van der Waals surface area contributed by atoms with E-state index in [0.717, 1.165) is 37.2 Å². The van der Waals surface area contributed by atoms with Crippen molar-refractivity contribution >= 4 is 29.6 Å². The third-order valence-electron chi connectivity index (χ3n) is 7.72. The number of rotatable bonds is 8. The van der Waals surface area contributed by atoms with Gasteiger partial charge in [-0.2, -0.15) is 0 Å². The number of anilines is 1. The molecule has 2 N–H and O–H groups in total. The quantitative estimate of drug-likeness (QED) is 0.500. The van der Waals surface area contributed by atoms with E-state index in [4.69, 9.17) is 15.2 Å². The maximum atomic E-state index is 13.3. The van der Waals surface area contributed by atoms with Gasteiger partial charge in [-0.25, -0.2) is 4.79 Å². The van der Waals surface area contributed by atoms with Crippen molar-refractivity contribution in [3.63, 3.8) is 0 Å². The number of likely N-dealkylation sites (tertiary alicyclic amines) is 1. The summed E-state index contributed by atoms with van der Waals surface area (Å²) in [6, 6.07) is 4.98. The molecule has 1 unspecified atom stereocenters. The van der Waals surface area contributed by atoms with Crippen molar-refractivity contribution in [2.75, 3.05) is 37.7 Å². The average molecular weight is 543 g/mol. The van der Waals surface area contributed by atoms with E-state index in [2.05, 4.69) is 4.90 Å². The molecule has 1 spiro atoms. The van der Waals surface area contributed by atoms with Gasteiger partial charge in [0.2, 0.25) is 5.91 Å². The molecule has 3 amide bonds. The molecule has 10 heteroatoms. The summed E-state index contributed by atoms with van der Waals surface area (Å²) in [7, 11) is 0. The number of primary amides is 1. The van der Waals surface area contributed by atoms with Gasteiger partial charge in [0.15, 0.2) is 0 Å². The lowest BCUT2D eigenvalue weighted by molar-refractivity contribution is -0.145. The Kier molecular flexibility index (Phi) is 8.14. The highest BCUT2D eigenvalue weighted by atomic mass is 16.6. The number of hydrogen-bond donors (Lipinski definition) is 1. The molecule has 2 fully saturated rings. The molecule has 4 rings (SSSR count). The zero-order chi connectivity index (χ0) is 28.5. The molecule has 214 valence electrons. The largest absolute Gasteiger partial charge is 0.465 e. The molecule has 2 saturated heterocycles. The van der Waals surface area contributed by atoms with E-state index in [0.29, 0.717) is 25.3 Å².